The zero-order chi connectivity index (χ0) is 13.7. The van der Waals surface area contributed by atoms with Crippen molar-refractivity contribution in [2.45, 2.75) is 25.1 Å². The molecule has 1 atom stereocenters. The number of nitrogens with two attached hydrogens (primary N) is 1. The lowest BCUT2D eigenvalue weighted by molar-refractivity contribution is 0.0951. The SMILES string of the molecule is CCC1CN(Cc2ccccc2C(=O)NN)CCS1. The summed E-state index contributed by atoms with van der Waals surface area (Å²) >= 11 is 2.05. The van der Waals surface area contributed by atoms with Crippen LogP contribution in [0.25, 0.3) is 0 Å². The van der Waals surface area contributed by atoms with E-state index in [0.29, 0.717) is 10.8 Å². The summed E-state index contributed by atoms with van der Waals surface area (Å²) < 4.78 is 0. The first-order valence-electron chi connectivity index (χ1n) is 6.67. The summed E-state index contributed by atoms with van der Waals surface area (Å²) in [7, 11) is 0. The summed E-state index contributed by atoms with van der Waals surface area (Å²) in [6.07, 6.45) is 1.20. The van der Waals surface area contributed by atoms with Crippen LogP contribution < -0.4 is 11.3 Å². The first kappa shape index (κ1) is 14.4. The van der Waals surface area contributed by atoms with Crippen molar-refractivity contribution < 1.29 is 4.79 Å². The van der Waals surface area contributed by atoms with Crippen molar-refractivity contribution in [2.24, 2.45) is 5.84 Å². The highest BCUT2D eigenvalue weighted by molar-refractivity contribution is 8.00. The van der Waals surface area contributed by atoms with Gasteiger partial charge in [0.25, 0.3) is 5.91 Å². The van der Waals surface area contributed by atoms with E-state index in [4.69, 9.17) is 5.84 Å². The van der Waals surface area contributed by atoms with Crippen molar-refractivity contribution in [1.82, 2.24) is 10.3 Å². The first-order chi connectivity index (χ1) is 9.24. The molecule has 104 valence electrons. The van der Waals surface area contributed by atoms with Crippen LogP contribution in [0.2, 0.25) is 0 Å². The summed E-state index contributed by atoms with van der Waals surface area (Å²) in [5, 5.41) is 0.712. The highest BCUT2D eigenvalue weighted by atomic mass is 32.2. The van der Waals surface area contributed by atoms with Gasteiger partial charge in [0.1, 0.15) is 0 Å². The van der Waals surface area contributed by atoms with Crippen LogP contribution in [0.4, 0.5) is 0 Å². The summed E-state index contributed by atoms with van der Waals surface area (Å²) in [6, 6.07) is 7.68. The van der Waals surface area contributed by atoms with Crippen LogP contribution in [0.3, 0.4) is 0 Å². The Labute approximate surface area is 118 Å². The fourth-order valence-electron chi connectivity index (χ4n) is 2.37. The number of hydrazine groups is 1. The van der Waals surface area contributed by atoms with E-state index < -0.39 is 0 Å². The second-order valence-electron chi connectivity index (χ2n) is 4.77. The number of carbonyl (C=O) groups is 1. The van der Waals surface area contributed by atoms with Crippen LogP contribution in [-0.4, -0.2) is 34.9 Å². The third kappa shape index (κ3) is 3.72. The van der Waals surface area contributed by atoms with Crippen LogP contribution in [0.1, 0.15) is 29.3 Å². The summed E-state index contributed by atoms with van der Waals surface area (Å²) in [5.74, 6) is 6.19. The topological polar surface area (TPSA) is 58.4 Å². The molecule has 0 saturated carbocycles. The van der Waals surface area contributed by atoms with Gasteiger partial charge in [-0.3, -0.25) is 15.1 Å². The predicted octanol–water partition coefficient (Wildman–Crippen LogP) is 1.62. The van der Waals surface area contributed by atoms with Crippen LogP contribution >= 0.6 is 11.8 Å². The van der Waals surface area contributed by atoms with E-state index >= 15 is 0 Å². The van der Waals surface area contributed by atoms with E-state index in [1.165, 1.54) is 12.2 Å². The molecule has 2 rings (SSSR count). The number of hydrogen-bond acceptors (Lipinski definition) is 4. The van der Waals surface area contributed by atoms with Crippen LogP contribution in [0.5, 0.6) is 0 Å². The lowest BCUT2D eigenvalue weighted by Gasteiger charge is -2.32. The minimum atomic E-state index is -0.214. The monoisotopic (exact) mass is 279 g/mol. The lowest BCUT2D eigenvalue weighted by atomic mass is 10.1. The molecule has 1 amide bonds. The number of nitrogens with zero attached hydrogens (tertiary/aromatic N) is 1. The van der Waals surface area contributed by atoms with Gasteiger partial charge >= 0.3 is 0 Å². The Morgan fingerprint density at radius 2 is 2.32 bits per heavy atom. The van der Waals surface area contributed by atoms with E-state index in [1.54, 1.807) is 0 Å². The van der Waals surface area contributed by atoms with Crippen molar-refractivity contribution in [2.75, 3.05) is 18.8 Å². The first-order valence-corrected chi connectivity index (χ1v) is 7.72. The Morgan fingerprint density at radius 3 is 3.05 bits per heavy atom. The van der Waals surface area contributed by atoms with Gasteiger partial charge in [-0.25, -0.2) is 5.84 Å². The average molecular weight is 279 g/mol. The molecule has 1 heterocycles. The number of hydrogen-bond donors (Lipinski definition) is 2. The fraction of sp³-hybridized carbons (Fsp3) is 0.500. The molecule has 1 fully saturated rings. The van der Waals surface area contributed by atoms with Crippen molar-refractivity contribution in [3.8, 4) is 0 Å². The van der Waals surface area contributed by atoms with Gasteiger partial charge in [-0.2, -0.15) is 11.8 Å². The second kappa shape index (κ2) is 6.93. The van der Waals surface area contributed by atoms with Crippen molar-refractivity contribution in [1.29, 1.82) is 0 Å². The van der Waals surface area contributed by atoms with Gasteiger partial charge in [0.05, 0.1) is 0 Å². The fourth-order valence-corrected chi connectivity index (χ4v) is 3.62. The van der Waals surface area contributed by atoms with E-state index in [-0.39, 0.29) is 5.91 Å². The Balaban J connectivity index is 2.08. The number of benzene rings is 1. The van der Waals surface area contributed by atoms with Crippen molar-refractivity contribution in [3.05, 3.63) is 35.4 Å². The normalized spacial score (nSPS) is 20.2. The van der Waals surface area contributed by atoms with Gasteiger partial charge < -0.3 is 0 Å². The molecule has 1 unspecified atom stereocenters. The van der Waals surface area contributed by atoms with Crippen LogP contribution in [-0.2, 0) is 6.54 Å². The minimum absolute atomic E-state index is 0.214. The van der Waals surface area contributed by atoms with Crippen molar-refractivity contribution >= 4 is 17.7 Å². The molecule has 1 aromatic rings. The molecule has 1 aromatic carbocycles. The molecule has 0 aromatic heterocycles. The van der Waals surface area contributed by atoms with Gasteiger partial charge in [0.15, 0.2) is 0 Å². The van der Waals surface area contributed by atoms with Gasteiger partial charge in [-0.1, -0.05) is 25.1 Å². The summed E-state index contributed by atoms with van der Waals surface area (Å²) in [4.78, 5) is 14.2. The zero-order valence-corrected chi connectivity index (χ0v) is 12.1. The molecular formula is C14H21N3OS. The third-order valence-electron chi connectivity index (χ3n) is 3.47. The van der Waals surface area contributed by atoms with E-state index in [9.17, 15) is 4.79 Å². The largest absolute Gasteiger partial charge is 0.297 e. The van der Waals surface area contributed by atoms with E-state index in [0.717, 1.165) is 25.2 Å². The molecule has 1 aliphatic rings. The smallest absolute Gasteiger partial charge is 0.265 e. The molecule has 19 heavy (non-hydrogen) atoms. The number of thioether (sulfide) groups is 1. The molecule has 3 N–H and O–H groups in total. The molecule has 1 aliphatic heterocycles. The molecule has 0 aliphatic carbocycles. The van der Waals surface area contributed by atoms with Gasteiger partial charge in [0, 0.05) is 36.2 Å². The molecule has 5 heteroatoms. The predicted molar refractivity (Wildman–Crippen MR) is 79.9 cm³/mol. The molecule has 4 nitrogen and oxygen atoms in total. The third-order valence-corrected chi connectivity index (χ3v) is 4.84. The minimum Gasteiger partial charge on any atom is -0.297 e. The molecule has 0 bridgehead atoms. The molecule has 0 radical (unpaired) electrons. The lowest BCUT2D eigenvalue weighted by Crippen LogP contribution is -2.38. The molecular weight excluding hydrogens is 258 g/mol. The van der Waals surface area contributed by atoms with Crippen LogP contribution in [0.15, 0.2) is 24.3 Å². The zero-order valence-electron chi connectivity index (χ0n) is 11.3. The second-order valence-corrected chi connectivity index (χ2v) is 6.18. The van der Waals surface area contributed by atoms with Gasteiger partial charge in [-0.05, 0) is 18.1 Å². The Bertz CT molecular complexity index is 438. The standard InChI is InChI=1S/C14H21N3OS/c1-2-12-10-17(7-8-19-12)9-11-5-3-4-6-13(11)14(18)16-15/h3-6,12H,2,7-10,15H2,1H3,(H,16,18). The number of nitrogen functional groups attached to an aromatic ring is 1. The maximum absolute atomic E-state index is 11.7. The highest BCUT2D eigenvalue weighted by Gasteiger charge is 2.20. The van der Waals surface area contributed by atoms with Crippen molar-refractivity contribution in [3.63, 3.8) is 0 Å². The summed E-state index contributed by atoms with van der Waals surface area (Å²) in [6.45, 7) is 5.23. The average Bonchev–Trinajstić information content (AvgIpc) is 2.47. The number of rotatable bonds is 4. The quantitative estimate of drug-likeness (QED) is 0.499. The molecule has 1 saturated heterocycles. The van der Waals surface area contributed by atoms with Gasteiger partial charge in [-0.15, -0.1) is 0 Å². The van der Waals surface area contributed by atoms with E-state index in [1.807, 2.05) is 24.3 Å². The highest BCUT2D eigenvalue weighted by Crippen LogP contribution is 2.23. The summed E-state index contributed by atoms with van der Waals surface area (Å²) in [5.41, 5.74) is 3.94. The van der Waals surface area contributed by atoms with E-state index in [2.05, 4.69) is 29.0 Å². The van der Waals surface area contributed by atoms with Crippen LogP contribution in [0, 0.1) is 0 Å². The van der Waals surface area contributed by atoms with Gasteiger partial charge in [0.2, 0.25) is 0 Å². The molecule has 0 spiro atoms. The maximum Gasteiger partial charge on any atom is 0.265 e. The number of carbonyl (C=O) groups excluding carboxylic acids is 1. The Kier molecular flexibility index (Phi) is 5.24. The maximum atomic E-state index is 11.7. The Hall–Kier alpha value is -1.04. The number of amides is 1. The number of nitrogens with one attached hydrogen (secondary N) is 1. The Morgan fingerprint density at radius 1 is 1.53 bits per heavy atom.